The molecular formula is C9H15NO4. The molecule has 0 saturated heterocycles. The fourth-order valence-corrected chi connectivity index (χ4v) is 0.798. The van der Waals surface area contributed by atoms with E-state index in [1.807, 2.05) is 0 Å². The molecule has 0 aliphatic heterocycles. The van der Waals surface area contributed by atoms with E-state index in [1.54, 1.807) is 6.92 Å². The Hall–Kier alpha value is -1.52. The van der Waals surface area contributed by atoms with Crippen LogP contribution in [0, 0.1) is 5.92 Å². The molecule has 0 aromatic heterocycles. The minimum atomic E-state index is -0.920. The molecule has 5 heteroatoms. The Balaban J connectivity index is 3.73. The second kappa shape index (κ2) is 6.94. The van der Waals surface area contributed by atoms with Gasteiger partial charge in [-0.15, -0.1) is 0 Å². The number of carboxylic acids is 1. The first-order chi connectivity index (χ1) is 6.61. The molecule has 0 rings (SSSR count). The van der Waals surface area contributed by atoms with Crippen LogP contribution in [0.1, 0.15) is 13.3 Å². The number of hydrogen-bond donors (Lipinski definition) is 2. The van der Waals surface area contributed by atoms with Crippen LogP contribution in [0.4, 0.5) is 4.79 Å². The highest BCUT2D eigenvalue weighted by molar-refractivity contribution is 5.72. The minimum Gasteiger partial charge on any atom is -0.481 e. The number of aliphatic carboxylic acids is 1. The van der Waals surface area contributed by atoms with Crippen molar-refractivity contribution in [2.75, 3.05) is 13.2 Å². The molecule has 5 nitrogen and oxygen atoms in total. The molecule has 0 radical (unpaired) electrons. The van der Waals surface area contributed by atoms with E-state index < -0.39 is 18.0 Å². The van der Waals surface area contributed by atoms with E-state index >= 15 is 0 Å². The SMILES string of the molecule is C=CCOC(=O)NCC(CC)C(=O)O. The predicted molar refractivity (Wildman–Crippen MR) is 51.0 cm³/mol. The van der Waals surface area contributed by atoms with Gasteiger partial charge in [-0.1, -0.05) is 19.6 Å². The van der Waals surface area contributed by atoms with Crippen LogP contribution in [0.5, 0.6) is 0 Å². The van der Waals surface area contributed by atoms with E-state index in [4.69, 9.17) is 5.11 Å². The van der Waals surface area contributed by atoms with E-state index in [9.17, 15) is 9.59 Å². The van der Waals surface area contributed by atoms with Crippen molar-refractivity contribution in [2.45, 2.75) is 13.3 Å². The van der Waals surface area contributed by atoms with Gasteiger partial charge in [-0.05, 0) is 6.42 Å². The Morgan fingerprint density at radius 1 is 1.64 bits per heavy atom. The van der Waals surface area contributed by atoms with Crippen LogP contribution in [0.3, 0.4) is 0 Å². The van der Waals surface area contributed by atoms with E-state index in [0.29, 0.717) is 6.42 Å². The Bertz CT molecular complexity index is 215. The van der Waals surface area contributed by atoms with Gasteiger partial charge >= 0.3 is 12.1 Å². The van der Waals surface area contributed by atoms with Crippen LogP contribution in [0.25, 0.3) is 0 Å². The first kappa shape index (κ1) is 12.5. The van der Waals surface area contributed by atoms with Crippen molar-refractivity contribution in [2.24, 2.45) is 5.92 Å². The Kier molecular flexibility index (Phi) is 6.19. The minimum absolute atomic E-state index is 0.0851. The van der Waals surface area contributed by atoms with Crippen molar-refractivity contribution < 1.29 is 19.4 Å². The van der Waals surface area contributed by atoms with Gasteiger partial charge in [-0.3, -0.25) is 4.79 Å². The van der Waals surface area contributed by atoms with Crippen molar-refractivity contribution in [1.82, 2.24) is 5.32 Å². The molecule has 1 unspecified atom stereocenters. The summed E-state index contributed by atoms with van der Waals surface area (Å²) in [6.07, 6.45) is 1.29. The summed E-state index contributed by atoms with van der Waals surface area (Å²) in [5.74, 6) is -1.48. The molecule has 1 atom stereocenters. The van der Waals surface area contributed by atoms with Gasteiger partial charge in [-0.2, -0.15) is 0 Å². The lowest BCUT2D eigenvalue weighted by Gasteiger charge is -2.10. The summed E-state index contributed by atoms with van der Waals surface area (Å²) >= 11 is 0. The third-order valence-electron chi connectivity index (χ3n) is 1.67. The fourth-order valence-electron chi connectivity index (χ4n) is 0.798. The number of amides is 1. The molecule has 0 heterocycles. The quantitative estimate of drug-likeness (QED) is 0.629. The summed E-state index contributed by atoms with van der Waals surface area (Å²) in [5, 5.41) is 11.0. The number of carbonyl (C=O) groups is 2. The topological polar surface area (TPSA) is 75.6 Å². The molecule has 0 aromatic rings. The highest BCUT2D eigenvalue weighted by Gasteiger charge is 2.15. The number of carbonyl (C=O) groups excluding carboxylic acids is 1. The van der Waals surface area contributed by atoms with Crippen molar-refractivity contribution in [3.8, 4) is 0 Å². The van der Waals surface area contributed by atoms with Gasteiger partial charge in [0.25, 0.3) is 0 Å². The second-order valence-electron chi connectivity index (χ2n) is 2.71. The molecule has 0 saturated carbocycles. The monoisotopic (exact) mass is 201 g/mol. The van der Waals surface area contributed by atoms with Crippen LogP contribution in [-0.2, 0) is 9.53 Å². The standard InChI is InChI=1S/C9H15NO4/c1-3-5-14-9(13)10-6-7(4-2)8(11)12/h3,7H,1,4-6H2,2H3,(H,10,13)(H,11,12). The van der Waals surface area contributed by atoms with Gasteiger partial charge in [0.2, 0.25) is 0 Å². The van der Waals surface area contributed by atoms with Crippen molar-refractivity contribution in [3.05, 3.63) is 12.7 Å². The number of ether oxygens (including phenoxy) is 1. The summed E-state index contributed by atoms with van der Waals surface area (Å²) in [6, 6.07) is 0. The highest BCUT2D eigenvalue weighted by atomic mass is 16.5. The molecular weight excluding hydrogens is 186 g/mol. The van der Waals surface area contributed by atoms with Gasteiger partial charge in [0.05, 0.1) is 5.92 Å². The summed E-state index contributed by atoms with van der Waals surface area (Å²) in [4.78, 5) is 21.4. The number of nitrogens with one attached hydrogen (secondary N) is 1. The summed E-state index contributed by atoms with van der Waals surface area (Å²) in [7, 11) is 0. The van der Waals surface area contributed by atoms with Crippen LogP contribution >= 0.6 is 0 Å². The average Bonchev–Trinajstić information content (AvgIpc) is 2.15. The molecule has 0 aliphatic rings. The number of hydrogen-bond acceptors (Lipinski definition) is 3. The van der Waals surface area contributed by atoms with Crippen molar-refractivity contribution in [3.63, 3.8) is 0 Å². The summed E-state index contributed by atoms with van der Waals surface area (Å²) in [5.41, 5.74) is 0. The largest absolute Gasteiger partial charge is 0.481 e. The highest BCUT2D eigenvalue weighted by Crippen LogP contribution is 2.00. The maximum Gasteiger partial charge on any atom is 0.407 e. The fraction of sp³-hybridized carbons (Fsp3) is 0.556. The van der Waals surface area contributed by atoms with Crippen molar-refractivity contribution in [1.29, 1.82) is 0 Å². The zero-order valence-electron chi connectivity index (χ0n) is 8.16. The lowest BCUT2D eigenvalue weighted by molar-refractivity contribution is -0.141. The van der Waals surface area contributed by atoms with Gasteiger partial charge < -0.3 is 15.2 Å². The second-order valence-corrected chi connectivity index (χ2v) is 2.71. The molecule has 2 N–H and O–H groups in total. The molecule has 1 amide bonds. The summed E-state index contributed by atoms with van der Waals surface area (Å²) in [6.45, 7) is 5.32. The van der Waals surface area contributed by atoms with Gasteiger partial charge in [0, 0.05) is 6.54 Å². The van der Waals surface area contributed by atoms with Gasteiger partial charge in [0.1, 0.15) is 6.61 Å². The molecule has 0 aromatic carbocycles. The lowest BCUT2D eigenvalue weighted by Crippen LogP contribution is -2.33. The number of rotatable bonds is 6. The average molecular weight is 201 g/mol. The van der Waals surface area contributed by atoms with Gasteiger partial charge in [0.15, 0.2) is 0 Å². The van der Waals surface area contributed by atoms with Crippen LogP contribution < -0.4 is 5.32 Å². The Morgan fingerprint density at radius 3 is 2.71 bits per heavy atom. The van der Waals surface area contributed by atoms with Crippen LogP contribution in [0.15, 0.2) is 12.7 Å². The van der Waals surface area contributed by atoms with E-state index in [-0.39, 0.29) is 13.2 Å². The molecule has 0 fully saturated rings. The first-order valence-electron chi connectivity index (χ1n) is 4.36. The zero-order chi connectivity index (χ0) is 11.0. The van der Waals surface area contributed by atoms with Gasteiger partial charge in [-0.25, -0.2) is 4.79 Å². The molecule has 80 valence electrons. The van der Waals surface area contributed by atoms with E-state index in [0.717, 1.165) is 0 Å². The van der Waals surface area contributed by atoms with E-state index in [2.05, 4.69) is 16.6 Å². The first-order valence-corrected chi connectivity index (χ1v) is 4.36. The van der Waals surface area contributed by atoms with Crippen molar-refractivity contribution >= 4 is 12.1 Å². The predicted octanol–water partition coefficient (Wildman–Crippen LogP) is 1.01. The van der Waals surface area contributed by atoms with E-state index in [1.165, 1.54) is 6.08 Å². The maximum atomic E-state index is 10.9. The molecule has 0 aliphatic carbocycles. The normalized spacial score (nSPS) is 11.5. The summed E-state index contributed by atoms with van der Waals surface area (Å²) < 4.78 is 4.60. The number of carboxylic acid groups (broad SMARTS) is 1. The van der Waals surface area contributed by atoms with Crippen LogP contribution in [0.2, 0.25) is 0 Å². The molecule has 0 bridgehead atoms. The lowest BCUT2D eigenvalue weighted by atomic mass is 10.1. The van der Waals surface area contributed by atoms with Crippen LogP contribution in [-0.4, -0.2) is 30.3 Å². The third kappa shape index (κ3) is 5.18. The Labute approximate surface area is 82.7 Å². The molecule has 14 heavy (non-hydrogen) atoms. The maximum absolute atomic E-state index is 10.9. The molecule has 0 spiro atoms. The zero-order valence-corrected chi connectivity index (χ0v) is 8.16. The Morgan fingerprint density at radius 2 is 2.29 bits per heavy atom. The third-order valence-corrected chi connectivity index (χ3v) is 1.67. The number of alkyl carbamates (subject to hydrolysis) is 1. The smallest absolute Gasteiger partial charge is 0.407 e.